The molecule has 1 aliphatic rings. The summed E-state index contributed by atoms with van der Waals surface area (Å²) in [7, 11) is 4.17. The maximum atomic E-state index is 12.3. The number of rotatable bonds is 7. The lowest BCUT2D eigenvalue weighted by atomic mass is 10.0. The Morgan fingerprint density at radius 3 is 2.26 bits per heavy atom. The van der Waals surface area contributed by atoms with Gasteiger partial charge in [-0.2, -0.15) is 0 Å². The predicted molar refractivity (Wildman–Crippen MR) is 80.2 cm³/mol. The molecule has 4 heteroatoms. The number of likely N-dealkylation sites (tertiary alicyclic amines) is 1. The van der Waals surface area contributed by atoms with Crippen molar-refractivity contribution in [3.05, 3.63) is 0 Å². The van der Waals surface area contributed by atoms with E-state index in [0.29, 0.717) is 12.0 Å². The molecule has 0 aromatic carbocycles. The maximum absolute atomic E-state index is 12.3. The highest BCUT2D eigenvalue weighted by Crippen LogP contribution is 2.11. The Balaban J connectivity index is 2.48. The van der Waals surface area contributed by atoms with Gasteiger partial charge in [-0.15, -0.1) is 0 Å². The van der Waals surface area contributed by atoms with E-state index in [9.17, 15) is 4.79 Å². The van der Waals surface area contributed by atoms with Crippen molar-refractivity contribution in [1.29, 1.82) is 0 Å². The molecule has 1 N–H and O–H groups in total. The number of hydrogen-bond acceptors (Lipinski definition) is 3. The lowest BCUT2D eigenvalue weighted by molar-refractivity contribution is -0.132. The van der Waals surface area contributed by atoms with Crippen LogP contribution in [-0.2, 0) is 4.79 Å². The van der Waals surface area contributed by atoms with E-state index in [1.54, 1.807) is 0 Å². The van der Waals surface area contributed by atoms with Gasteiger partial charge in [-0.25, -0.2) is 0 Å². The van der Waals surface area contributed by atoms with Gasteiger partial charge < -0.3 is 15.1 Å². The SMILES string of the molecule is CC(C)CC(CN(C)C)NC(C)C(=O)N1CCCC1. The third-order valence-corrected chi connectivity index (χ3v) is 3.62. The van der Waals surface area contributed by atoms with E-state index in [2.05, 4.69) is 38.2 Å². The monoisotopic (exact) mass is 269 g/mol. The topological polar surface area (TPSA) is 35.6 Å². The second-order valence-corrected chi connectivity index (χ2v) is 6.51. The highest BCUT2D eigenvalue weighted by atomic mass is 16.2. The van der Waals surface area contributed by atoms with Gasteiger partial charge in [0, 0.05) is 25.7 Å². The minimum Gasteiger partial charge on any atom is -0.341 e. The quantitative estimate of drug-likeness (QED) is 0.762. The number of likely N-dealkylation sites (N-methyl/N-ethyl adjacent to an activating group) is 1. The van der Waals surface area contributed by atoms with Crippen molar-refractivity contribution in [3.8, 4) is 0 Å². The number of nitrogens with one attached hydrogen (secondary N) is 1. The Morgan fingerprint density at radius 1 is 1.21 bits per heavy atom. The van der Waals surface area contributed by atoms with Crippen LogP contribution in [0.5, 0.6) is 0 Å². The number of carbonyl (C=O) groups excluding carboxylic acids is 1. The van der Waals surface area contributed by atoms with E-state index < -0.39 is 0 Å². The zero-order valence-corrected chi connectivity index (χ0v) is 13.3. The van der Waals surface area contributed by atoms with Crippen molar-refractivity contribution in [2.45, 2.75) is 52.1 Å². The van der Waals surface area contributed by atoms with Crippen LogP contribution < -0.4 is 5.32 Å². The minimum absolute atomic E-state index is 0.0678. The van der Waals surface area contributed by atoms with Crippen molar-refractivity contribution >= 4 is 5.91 Å². The molecule has 1 fully saturated rings. The molecule has 0 radical (unpaired) electrons. The van der Waals surface area contributed by atoms with Gasteiger partial charge in [0.15, 0.2) is 0 Å². The normalized spacial score (nSPS) is 19.2. The molecule has 0 aliphatic carbocycles. The first-order valence-corrected chi connectivity index (χ1v) is 7.59. The standard InChI is InChI=1S/C15H31N3O/c1-12(2)10-14(11-17(4)5)16-13(3)15(19)18-8-6-7-9-18/h12-14,16H,6-11H2,1-5H3. The summed E-state index contributed by atoms with van der Waals surface area (Å²) in [5.41, 5.74) is 0. The first-order valence-electron chi connectivity index (χ1n) is 7.59. The zero-order chi connectivity index (χ0) is 14.4. The van der Waals surface area contributed by atoms with Crippen LogP contribution in [0, 0.1) is 5.92 Å². The maximum Gasteiger partial charge on any atom is 0.239 e. The summed E-state index contributed by atoms with van der Waals surface area (Å²) < 4.78 is 0. The van der Waals surface area contributed by atoms with Gasteiger partial charge in [0.2, 0.25) is 5.91 Å². The fourth-order valence-electron chi connectivity index (χ4n) is 2.84. The van der Waals surface area contributed by atoms with Crippen LogP contribution in [0.4, 0.5) is 0 Å². The van der Waals surface area contributed by atoms with Crippen LogP contribution >= 0.6 is 0 Å². The van der Waals surface area contributed by atoms with Crippen LogP contribution in [0.1, 0.15) is 40.0 Å². The Bertz CT molecular complexity index is 263. The average Bonchev–Trinajstić information content (AvgIpc) is 2.79. The third-order valence-electron chi connectivity index (χ3n) is 3.62. The van der Waals surface area contributed by atoms with E-state index in [4.69, 9.17) is 0 Å². The summed E-state index contributed by atoms with van der Waals surface area (Å²) in [6.45, 7) is 9.33. The van der Waals surface area contributed by atoms with Gasteiger partial charge in [0.1, 0.15) is 0 Å². The van der Waals surface area contributed by atoms with Crippen LogP contribution in [0.3, 0.4) is 0 Å². The second kappa shape index (κ2) is 7.85. The van der Waals surface area contributed by atoms with Crippen LogP contribution in [0.2, 0.25) is 0 Å². The Kier molecular flexibility index (Phi) is 6.80. The van der Waals surface area contributed by atoms with E-state index in [1.807, 2.05) is 11.8 Å². The molecular formula is C15H31N3O. The minimum atomic E-state index is -0.0678. The lowest BCUT2D eigenvalue weighted by Crippen LogP contribution is -2.50. The van der Waals surface area contributed by atoms with Crippen LogP contribution in [0.15, 0.2) is 0 Å². The Morgan fingerprint density at radius 2 is 1.79 bits per heavy atom. The molecule has 0 bridgehead atoms. The average molecular weight is 269 g/mol. The molecule has 4 nitrogen and oxygen atoms in total. The van der Waals surface area contributed by atoms with E-state index in [0.717, 1.165) is 38.9 Å². The third kappa shape index (κ3) is 5.91. The molecule has 0 spiro atoms. The van der Waals surface area contributed by atoms with Gasteiger partial charge >= 0.3 is 0 Å². The van der Waals surface area contributed by atoms with E-state index >= 15 is 0 Å². The predicted octanol–water partition coefficient (Wildman–Crippen LogP) is 1.56. The molecule has 112 valence electrons. The largest absolute Gasteiger partial charge is 0.341 e. The molecule has 0 aromatic heterocycles. The number of carbonyl (C=O) groups is 1. The number of hydrogen-bond donors (Lipinski definition) is 1. The fourth-order valence-corrected chi connectivity index (χ4v) is 2.84. The zero-order valence-electron chi connectivity index (χ0n) is 13.3. The summed E-state index contributed by atoms with van der Waals surface area (Å²) in [5.74, 6) is 0.913. The smallest absolute Gasteiger partial charge is 0.239 e. The van der Waals surface area contributed by atoms with E-state index in [-0.39, 0.29) is 11.9 Å². The second-order valence-electron chi connectivity index (χ2n) is 6.51. The molecule has 0 saturated carbocycles. The van der Waals surface area contributed by atoms with Crippen LogP contribution in [-0.4, -0.2) is 61.5 Å². The van der Waals surface area contributed by atoms with E-state index in [1.165, 1.54) is 0 Å². The molecule has 1 aliphatic heterocycles. The van der Waals surface area contributed by atoms with Gasteiger partial charge in [-0.3, -0.25) is 4.79 Å². The van der Waals surface area contributed by atoms with Crippen molar-refractivity contribution in [1.82, 2.24) is 15.1 Å². The fraction of sp³-hybridized carbons (Fsp3) is 0.933. The van der Waals surface area contributed by atoms with Gasteiger partial charge in [0.05, 0.1) is 6.04 Å². The molecule has 1 saturated heterocycles. The summed E-state index contributed by atoms with van der Waals surface area (Å²) in [5, 5.41) is 3.52. The highest BCUT2D eigenvalue weighted by molar-refractivity contribution is 5.81. The first-order chi connectivity index (χ1) is 8.90. The lowest BCUT2D eigenvalue weighted by Gasteiger charge is -2.29. The summed E-state index contributed by atoms with van der Waals surface area (Å²) >= 11 is 0. The van der Waals surface area contributed by atoms with Crippen molar-refractivity contribution in [2.24, 2.45) is 5.92 Å². The molecule has 1 amide bonds. The molecule has 19 heavy (non-hydrogen) atoms. The van der Waals surface area contributed by atoms with Crippen molar-refractivity contribution < 1.29 is 4.79 Å². The van der Waals surface area contributed by atoms with Crippen LogP contribution in [0.25, 0.3) is 0 Å². The van der Waals surface area contributed by atoms with Gasteiger partial charge in [-0.05, 0) is 46.2 Å². The Labute approximate surface area is 118 Å². The Hall–Kier alpha value is -0.610. The molecule has 2 unspecified atom stereocenters. The summed E-state index contributed by atoms with van der Waals surface area (Å²) in [6.07, 6.45) is 3.42. The molecule has 0 aromatic rings. The molecule has 2 atom stereocenters. The molecule has 1 heterocycles. The summed E-state index contributed by atoms with van der Waals surface area (Å²) in [6, 6.07) is 0.318. The number of nitrogens with zero attached hydrogens (tertiary/aromatic N) is 2. The molecular weight excluding hydrogens is 238 g/mol. The highest BCUT2D eigenvalue weighted by Gasteiger charge is 2.25. The van der Waals surface area contributed by atoms with Crippen molar-refractivity contribution in [3.63, 3.8) is 0 Å². The van der Waals surface area contributed by atoms with Gasteiger partial charge in [0.25, 0.3) is 0 Å². The first kappa shape index (κ1) is 16.4. The molecule has 1 rings (SSSR count). The van der Waals surface area contributed by atoms with Crippen molar-refractivity contribution in [2.75, 3.05) is 33.7 Å². The summed E-state index contributed by atoms with van der Waals surface area (Å²) in [4.78, 5) is 16.5. The number of amides is 1. The van der Waals surface area contributed by atoms with Gasteiger partial charge in [-0.1, -0.05) is 13.8 Å².